The summed E-state index contributed by atoms with van der Waals surface area (Å²) in [4.78, 5) is 36.0. The van der Waals surface area contributed by atoms with E-state index in [9.17, 15) is 14.4 Å². The lowest BCUT2D eigenvalue weighted by Crippen LogP contribution is -2.30. The number of anilines is 1. The highest BCUT2D eigenvalue weighted by molar-refractivity contribution is 5.84. The van der Waals surface area contributed by atoms with Gasteiger partial charge in [-0.15, -0.1) is 0 Å². The molecule has 0 atom stereocenters. The maximum Gasteiger partial charge on any atom is 0.411 e. The van der Waals surface area contributed by atoms with Crippen LogP contribution in [0, 0.1) is 5.41 Å². The lowest BCUT2D eigenvalue weighted by atomic mass is 9.92. The molecular formula is C28H34N4O5. The SMILES string of the molecule is CCOC(=O)Nc1cccc(Cn2nc(-c3ccc(OCCNC(=O)CC(C)(C)C)cc3)ccc2=O)c1. The van der Waals surface area contributed by atoms with Crippen LogP contribution in [0.2, 0.25) is 0 Å². The van der Waals surface area contributed by atoms with Gasteiger partial charge in [0.25, 0.3) is 5.56 Å². The molecule has 0 saturated carbocycles. The van der Waals surface area contributed by atoms with Gasteiger partial charge in [-0.25, -0.2) is 9.48 Å². The molecule has 9 heteroatoms. The van der Waals surface area contributed by atoms with E-state index in [1.165, 1.54) is 10.7 Å². The smallest absolute Gasteiger partial charge is 0.411 e. The highest BCUT2D eigenvalue weighted by Crippen LogP contribution is 2.21. The van der Waals surface area contributed by atoms with Gasteiger partial charge in [0.05, 0.1) is 25.4 Å². The Labute approximate surface area is 216 Å². The fourth-order valence-electron chi connectivity index (χ4n) is 3.55. The van der Waals surface area contributed by atoms with Gasteiger partial charge in [0.2, 0.25) is 5.91 Å². The van der Waals surface area contributed by atoms with E-state index in [2.05, 4.69) is 15.7 Å². The Morgan fingerprint density at radius 3 is 2.49 bits per heavy atom. The maximum atomic E-state index is 12.4. The molecule has 0 saturated heterocycles. The van der Waals surface area contributed by atoms with Crippen LogP contribution in [0.4, 0.5) is 10.5 Å². The molecule has 3 aromatic rings. The summed E-state index contributed by atoms with van der Waals surface area (Å²) in [5.74, 6) is 0.683. The molecular weight excluding hydrogens is 472 g/mol. The molecule has 0 unspecified atom stereocenters. The summed E-state index contributed by atoms with van der Waals surface area (Å²) in [6, 6.07) is 17.7. The summed E-state index contributed by atoms with van der Waals surface area (Å²) in [6.07, 6.45) is -0.0677. The largest absolute Gasteiger partial charge is 0.492 e. The van der Waals surface area contributed by atoms with Crippen molar-refractivity contribution in [1.29, 1.82) is 0 Å². The van der Waals surface area contributed by atoms with Crippen LogP contribution in [-0.4, -0.2) is 41.5 Å². The van der Waals surface area contributed by atoms with Crippen molar-refractivity contribution in [3.05, 3.63) is 76.6 Å². The molecule has 37 heavy (non-hydrogen) atoms. The van der Waals surface area contributed by atoms with Crippen molar-refractivity contribution in [2.45, 2.75) is 40.7 Å². The first-order chi connectivity index (χ1) is 17.6. The lowest BCUT2D eigenvalue weighted by Gasteiger charge is -2.17. The molecule has 0 bridgehead atoms. The number of nitrogens with one attached hydrogen (secondary N) is 2. The second-order valence-corrected chi connectivity index (χ2v) is 9.72. The summed E-state index contributed by atoms with van der Waals surface area (Å²) in [5.41, 5.74) is 2.56. The number of nitrogens with zero attached hydrogens (tertiary/aromatic N) is 2. The third-order valence-corrected chi connectivity index (χ3v) is 5.18. The highest BCUT2D eigenvalue weighted by Gasteiger charge is 2.15. The number of carbonyl (C=O) groups is 2. The molecule has 1 aromatic heterocycles. The quantitative estimate of drug-likeness (QED) is 0.393. The minimum absolute atomic E-state index is 0.00892. The van der Waals surface area contributed by atoms with E-state index < -0.39 is 6.09 Å². The standard InChI is InChI=1S/C28H34N4O5/c1-5-36-27(35)30-22-8-6-7-20(17-22)19-32-26(34)14-13-24(31-32)21-9-11-23(12-10-21)37-16-15-29-25(33)18-28(2,3)4/h6-14,17H,5,15-16,18-19H2,1-4H3,(H,29,33)(H,30,35). The zero-order chi connectivity index (χ0) is 26.8. The topological polar surface area (TPSA) is 112 Å². The molecule has 2 N–H and O–H groups in total. The third-order valence-electron chi connectivity index (χ3n) is 5.18. The molecule has 2 amide bonds. The van der Waals surface area contributed by atoms with E-state index in [0.717, 1.165) is 11.1 Å². The van der Waals surface area contributed by atoms with Crippen molar-refractivity contribution in [1.82, 2.24) is 15.1 Å². The number of ether oxygens (including phenoxy) is 2. The van der Waals surface area contributed by atoms with Gasteiger partial charge < -0.3 is 14.8 Å². The van der Waals surface area contributed by atoms with Crippen molar-refractivity contribution < 1.29 is 19.1 Å². The summed E-state index contributed by atoms with van der Waals surface area (Å²) in [7, 11) is 0. The number of aromatic nitrogens is 2. The molecule has 3 rings (SSSR count). The predicted octanol–water partition coefficient (Wildman–Crippen LogP) is 4.46. The Balaban J connectivity index is 1.60. The summed E-state index contributed by atoms with van der Waals surface area (Å²) in [5, 5.41) is 10.0. The van der Waals surface area contributed by atoms with Crippen molar-refractivity contribution in [3.63, 3.8) is 0 Å². The average molecular weight is 507 g/mol. The maximum absolute atomic E-state index is 12.4. The van der Waals surface area contributed by atoms with E-state index in [1.54, 1.807) is 31.2 Å². The Hall–Kier alpha value is -4.14. The van der Waals surface area contributed by atoms with Gasteiger partial charge in [-0.3, -0.25) is 14.9 Å². The number of hydrogen-bond acceptors (Lipinski definition) is 6. The third kappa shape index (κ3) is 9.10. The van der Waals surface area contributed by atoms with Crippen molar-refractivity contribution in [3.8, 4) is 17.0 Å². The molecule has 0 aliphatic heterocycles. The zero-order valence-corrected chi connectivity index (χ0v) is 21.7. The normalized spacial score (nSPS) is 11.0. The van der Waals surface area contributed by atoms with E-state index in [1.807, 2.05) is 51.1 Å². The molecule has 9 nitrogen and oxygen atoms in total. The molecule has 0 aliphatic rings. The van der Waals surface area contributed by atoms with Crippen molar-refractivity contribution in [2.24, 2.45) is 5.41 Å². The fraction of sp³-hybridized carbons (Fsp3) is 0.357. The van der Waals surface area contributed by atoms with E-state index in [4.69, 9.17) is 9.47 Å². The predicted molar refractivity (Wildman–Crippen MR) is 143 cm³/mol. The Morgan fingerprint density at radius 2 is 1.78 bits per heavy atom. The van der Waals surface area contributed by atoms with Crippen LogP contribution in [0.25, 0.3) is 11.3 Å². The second-order valence-electron chi connectivity index (χ2n) is 9.72. The zero-order valence-electron chi connectivity index (χ0n) is 21.7. The van der Waals surface area contributed by atoms with Crippen LogP contribution < -0.4 is 20.9 Å². The van der Waals surface area contributed by atoms with Gasteiger partial charge in [-0.2, -0.15) is 5.10 Å². The van der Waals surface area contributed by atoms with Gasteiger partial charge in [0, 0.05) is 23.7 Å². The number of carbonyl (C=O) groups excluding carboxylic acids is 2. The summed E-state index contributed by atoms with van der Waals surface area (Å²) < 4.78 is 12.0. The summed E-state index contributed by atoms with van der Waals surface area (Å²) >= 11 is 0. The van der Waals surface area contributed by atoms with E-state index >= 15 is 0 Å². The van der Waals surface area contributed by atoms with Gasteiger partial charge in [-0.05, 0) is 60.4 Å². The van der Waals surface area contributed by atoms with Gasteiger partial charge in [0.15, 0.2) is 0 Å². The first-order valence-corrected chi connectivity index (χ1v) is 12.2. The van der Waals surface area contributed by atoms with Crippen LogP contribution in [-0.2, 0) is 16.1 Å². The highest BCUT2D eigenvalue weighted by atomic mass is 16.5. The lowest BCUT2D eigenvalue weighted by molar-refractivity contribution is -0.122. The second kappa shape index (κ2) is 12.7. The average Bonchev–Trinajstić information content (AvgIpc) is 2.83. The molecule has 0 spiro atoms. The summed E-state index contributed by atoms with van der Waals surface area (Å²) in [6.45, 7) is 9.12. The van der Waals surface area contributed by atoms with Crippen molar-refractivity contribution in [2.75, 3.05) is 25.1 Å². The molecule has 0 radical (unpaired) electrons. The Bertz CT molecular complexity index is 1260. The van der Waals surface area contributed by atoms with Crippen LogP contribution in [0.5, 0.6) is 5.75 Å². The number of rotatable bonds is 10. The molecule has 1 heterocycles. The molecule has 196 valence electrons. The van der Waals surface area contributed by atoms with Crippen LogP contribution in [0.15, 0.2) is 65.5 Å². The molecule has 0 fully saturated rings. The number of benzene rings is 2. The first-order valence-electron chi connectivity index (χ1n) is 12.2. The van der Waals surface area contributed by atoms with Gasteiger partial charge in [-0.1, -0.05) is 32.9 Å². The molecule has 0 aliphatic carbocycles. The minimum atomic E-state index is -0.533. The molecule has 2 aromatic carbocycles. The van der Waals surface area contributed by atoms with Crippen LogP contribution in [0.1, 0.15) is 39.7 Å². The van der Waals surface area contributed by atoms with Crippen LogP contribution >= 0.6 is 0 Å². The Morgan fingerprint density at radius 1 is 1.03 bits per heavy atom. The van der Waals surface area contributed by atoms with Gasteiger partial charge in [0.1, 0.15) is 12.4 Å². The van der Waals surface area contributed by atoms with Crippen molar-refractivity contribution >= 4 is 17.7 Å². The Kier molecular flexibility index (Phi) is 9.43. The van der Waals surface area contributed by atoms with E-state index in [-0.39, 0.29) is 30.0 Å². The fourth-order valence-corrected chi connectivity index (χ4v) is 3.55. The number of amides is 2. The minimum Gasteiger partial charge on any atom is -0.492 e. The first kappa shape index (κ1) is 27.4. The monoisotopic (exact) mass is 506 g/mol. The van der Waals surface area contributed by atoms with E-state index in [0.29, 0.717) is 36.7 Å². The number of hydrogen-bond donors (Lipinski definition) is 2. The van der Waals surface area contributed by atoms with Crippen LogP contribution in [0.3, 0.4) is 0 Å². The van der Waals surface area contributed by atoms with Gasteiger partial charge >= 0.3 is 6.09 Å².